The van der Waals surface area contributed by atoms with E-state index in [-0.39, 0.29) is 11.9 Å². The highest BCUT2D eigenvalue weighted by molar-refractivity contribution is 5.72. The highest BCUT2D eigenvalue weighted by Crippen LogP contribution is 2.41. The molecule has 0 amide bonds. The van der Waals surface area contributed by atoms with Crippen molar-refractivity contribution in [2.24, 2.45) is 5.92 Å². The minimum Gasteiger partial charge on any atom is -0.480 e. The molecule has 1 aliphatic carbocycles. The Balaban J connectivity index is 2.12. The first-order valence-corrected chi connectivity index (χ1v) is 5.82. The lowest BCUT2D eigenvalue weighted by Gasteiger charge is -2.21. The minimum absolute atomic E-state index is 0.0155. The van der Waals surface area contributed by atoms with Gasteiger partial charge in [-0.25, -0.2) is 4.39 Å². The van der Waals surface area contributed by atoms with Crippen LogP contribution in [0, 0.1) is 11.7 Å². The molecular weight excluding hydrogens is 221 g/mol. The molecule has 0 radical (unpaired) electrons. The first-order chi connectivity index (χ1) is 8.08. The van der Waals surface area contributed by atoms with Crippen molar-refractivity contribution < 1.29 is 14.3 Å². The van der Waals surface area contributed by atoms with Gasteiger partial charge in [0.15, 0.2) is 0 Å². The van der Waals surface area contributed by atoms with Crippen molar-refractivity contribution in [1.29, 1.82) is 0 Å². The quantitative estimate of drug-likeness (QED) is 0.826. The van der Waals surface area contributed by atoms with E-state index < -0.39 is 12.0 Å². The number of hydrogen-bond acceptors (Lipinski definition) is 2. The second kappa shape index (κ2) is 4.84. The van der Waals surface area contributed by atoms with Gasteiger partial charge in [0, 0.05) is 6.04 Å². The van der Waals surface area contributed by atoms with Gasteiger partial charge in [0.1, 0.15) is 11.9 Å². The lowest BCUT2D eigenvalue weighted by Crippen LogP contribution is -2.37. The van der Waals surface area contributed by atoms with Crippen LogP contribution in [0.15, 0.2) is 24.3 Å². The van der Waals surface area contributed by atoms with Gasteiger partial charge in [0.25, 0.3) is 0 Å². The predicted molar refractivity (Wildman–Crippen MR) is 62.1 cm³/mol. The smallest absolute Gasteiger partial charge is 0.320 e. The third-order valence-electron chi connectivity index (χ3n) is 3.12. The van der Waals surface area contributed by atoms with Gasteiger partial charge in [-0.05, 0) is 43.4 Å². The van der Waals surface area contributed by atoms with Gasteiger partial charge in [-0.15, -0.1) is 0 Å². The van der Waals surface area contributed by atoms with Crippen molar-refractivity contribution in [1.82, 2.24) is 5.32 Å². The van der Waals surface area contributed by atoms with Crippen molar-refractivity contribution in [3.63, 3.8) is 0 Å². The van der Waals surface area contributed by atoms with E-state index in [9.17, 15) is 9.18 Å². The first-order valence-electron chi connectivity index (χ1n) is 5.82. The summed E-state index contributed by atoms with van der Waals surface area (Å²) in [5, 5.41) is 12.0. The molecule has 17 heavy (non-hydrogen) atoms. The van der Waals surface area contributed by atoms with Crippen molar-refractivity contribution >= 4 is 5.97 Å². The molecule has 1 aromatic rings. The fraction of sp³-hybridized carbons (Fsp3) is 0.462. The number of rotatable bonds is 5. The molecule has 0 aromatic heterocycles. The fourth-order valence-corrected chi connectivity index (χ4v) is 1.94. The normalized spacial score (nSPS) is 18.7. The first kappa shape index (κ1) is 12.0. The van der Waals surface area contributed by atoms with Gasteiger partial charge >= 0.3 is 5.97 Å². The summed E-state index contributed by atoms with van der Waals surface area (Å²) in [4.78, 5) is 10.8. The molecular formula is C13H16FNO2. The van der Waals surface area contributed by atoms with Crippen molar-refractivity contribution in [3.8, 4) is 0 Å². The average molecular weight is 237 g/mol. The monoisotopic (exact) mass is 237 g/mol. The van der Waals surface area contributed by atoms with E-state index in [0.29, 0.717) is 5.92 Å². The molecule has 1 fully saturated rings. The Kier molecular flexibility index (Phi) is 3.43. The molecule has 1 saturated carbocycles. The van der Waals surface area contributed by atoms with Crippen LogP contribution in [0.5, 0.6) is 0 Å². The van der Waals surface area contributed by atoms with Crippen LogP contribution >= 0.6 is 0 Å². The van der Waals surface area contributed by atoms with E-state index in [0.717, 1.165) is 18.4 Å². The molecule has 2 rings (SSSR count). The van der Waals surface area contributed by atoms with Crippen LogP contribution in [-0.4, -0.2) is 17.1 Å². The van der Waals surface area contributed by atoms with Crippen LogP contribution in [0.2, 0.25) is 0 Å². The van der Waals surface area contributed by atoms with E-state index >= 15 is 0 Å². The molecule has 0 saturated heterocycles. The van der Waals surface area contributed by atoms with Gasteiger partial charge < -0.3 is 5.11 Å². The zero-order valence-corrected chi connectivity index (χ0v) is 9.69. The topological polar surface area (TPSA) is 49.3 Å². The molecule has 0 aliphatic heterocycles. The standard InChI is InChI=1S/C13H16FNO2/c1-8(13(16)17)15-12(9-2-3-9)10-4-6-11(14)7-5-10/h4-9,12,15H,2-3H2,1H3,(H,16,17). The Morgan fingerprint density at radius 2 is 2.00 bits per heavy atom. The summed E-state index contributed by atoms with van der Waals surface area (Å²) in [6.45, 7) is 1.63. The van der Waals surface area contributed by atoms with E-state index in [4.69, 9.17) is 5.11 Å². The van der Waals surface area contributed by atoms with Crippen LogP contribution < -0.4 is 5.32 Å². The van der Waals surface area contributed by atoms with Crippen LogP contribution in [0.25, 0.3) is 0 Å². The van der Waals surface area contributed by atoms with Gasteiger partial charge in [0.05, 0.1) is 0 Å². The summed E-state index contributed by atoms with van der Waals surface area (Å²) < 4.78 is 12.8. The number of aliphatic carboxylic acids is 1. The van der Waals surface area contributed by atoms with Gasteiger partial charge in [-0.3, -0.25) is 10.1 Å². The molecule has 1 aliphatic rings. The van der Waals surface area contributed by atoms with Crippen molar-refractivity contribution in [3.05, 3.63) is 35.6 Å². The summed E-state index contributed by atoms with van der Waals surface area (Å²) in [5.41, 5.74) is 0.960. The van der Waals surface area contributed by atoms with Gasteiger partial charge in [-0.1, -0.05) is 12.1 Å². The zero-order chi connectivity index (χ0) is 12.4. The van der Waals surface area contributed by atoms with Gasteiger partial charge in [0.2, 0.25) is 0 Å². The summed E-state index contributed by atoms with van der Waals surface area (Å²) >= 11 is 0. The maximum atomic E-state index is 12.8. The maximum Gasteiger partial charge on any atom is 0.320 e. The number of nitrogens with one attached hydrogen (secondary N) is 1. The summed E-state index contributed by atoms with van der Waals surface area (Å²) in [7, 11) is 0. The minimum atomic E-state index is -0.863. The molecule has 4 heteroatoms. The highest BCUT2D eigenvalue weighted by Gasteiger charge is 2.33. The van der Waals surface area contributed by atoms with E-state index in [2.05, 4.69) is 5.32 Å². The number of hydrogen-bond donors (Lipinski definition) is 2. The third kappa shape index (κ3) is 3.03. The van der Waals surface area contributed by atoms with Crippen LogP contribution in [0.4, 0.5) is 4.39 Å². The summed E-state index contributed by atoms with van der Waals surface area (Å²) in [6, 6.07) is 5.70. The third-order valence-corrected chi connectivity index (χ3v) is 3.12. The molecule has 2 N–H and O–H groups in total. The second-order valence-electron chi connectivity index (χ2n) is 4.59. The van der Waals surface area contributed by atoms with Crippen LogP contribution in [0.3, 0.4) is 0 Å². The maximum absolute atomic E-state index is 12.8. The zero-order valence-electron chi connectivity index (χ0n) is 9.69. The van der Waals surface area contributed by atoms with Crippen LogP contribution in [0.1, 0.15) is 31.4 Å². The SMILES string of the molecule is CC(NC(c1ccc(F)cc1)C1CC1)C(=O)O. The molecule has 0 spiro atoms. The summed E-state index contributed by atoms with van der Waals surface area (Å²) in [6.07, 6.45) is 2.20. The lowest BCUT2D eigenvalue weighted by molar-refractivity contribution is -0.139. The Morgan fingerprint density at radius 3 is 2.47 bits per heavy atom. The predicted octanol–water partition coefficient (Wildman–Crippen LogP) is 2.34. The van der Waals surface area contributed by atoms with Crippen molar-refractivity contribution in [2.75, 3.05) is 0 Å². The van der Waals surface area contributed by atoms with E-state index in [1.807, 2.05) is 0 Å². The Morgan fingerprint density at radius 1 is 1.41 bits per heavy atom. The average Bonchev–Trinajstić information content (AvgIpc) is 3.10. The van der Waals surface area contributed by atoms with E-state index in [1.165, 1.54) is 12.1 Å². The molecule has 92 valence electrons. The molecule has 0 bridgehead atoms. The number of carboxylic acid groups (broad SMARTS) is 1. The molecule has 2 atom stereocenters. The fourth-order valence-electron chi connectivity index (χ4n) is 1.94. The van der Waals surface area contributed by atoms with Gasteiger partial charge in [-0.2, -0.15) is 0 Å². The summed E-state index contributed by atoms with van der Waals surface area (Å²) in [5.74, 6) is -0.658. The number of carboxylic acids is 1. The lowest BCUT2D eigenvalue weighted by atomic mass is 10.0. The Labute approximate surface area is 99.7 Å². The molecule has 1 aromatic carbocycles. The van der Waals surface area contributed by atoms with Crippen LogP contribution in [-0.2, 0) is 4.79 Å². The number of halogens is 1. The Hall–Kier alpha value is -1.42. The Bertz CT molecular complexity index is 400. The molecule has 2 unspecified atom stereocenters. The number of carbonyl (C=O) groups is 1. The molecule has 0 heterocycles. The largest absolute Gasteiger partial charge is 0.480 e. The van der Waals surface area contributed by atoms with E-state index in [1.54, 1.807) is 19.1 Å². The van der Waals surface area contributed by atoms with Crippen molar-refractivity contribution in [2.45, 2.75) is 31.8 Å². The number of benzene rings is 1. The second-order valence-corrected chi connectivity index (χ2v) is 4.59. The molecule has 3 nitrogen and oxygen atoms in total. The highest BCUT2D eigenvalue weighted by atomic mass is 19.1.